The van der Waals surface area contributed by atoms with Gasteiger partial charge in [-0.05, 0) is 130 Å². The maximum Gasteiger partial charge on any atom is 0.0319 e. The van der Waals surface area contributed by atoms with Crippen LogP contribution >= 0.6 is 16.1 Å². The maximum absolute atomic E-state index is 3.09. The van der Waals surface area contributed by atoms with Crippen LogP contribution < -0.4 is 10.6 Å². The summed E-state index contributed by atoms with van der Waals surface area (Å²) in [6, 6.07) is 82.0. The quantitative estimate of drug-likeness (QED) is 0.105. The number of rotatable bonds is 13. The topological polar surface area (TPSA) is 3.24 Å². The Morgan fingerprint density at radius 3 is 1.02 bits per heavy atom. The fourth-order valence-corrected chi connectivity index (χ4v) is 16.4. The van der Waals surface area contributed by atoms with Crippen LogP contribution in [0.5, 0.6) is 0 Å². The van der Waals surface area contributed by atoms with Crippen molar-refractivity contribution in [3.8, 4) is 44.5 Å². The Kier molecular flexibility index (Phi) is 12.4. The van der Waals surface area contributed by atoms with E-state index in [1.165, 1.54) is 79.1 Å². The van der Waals surface area contributed by atoms with Gasteiger partial charge in [-0.15, -0.1) is 0 Å². The molecular weight excluding hydrogens is 749 g/mol. The molecular formula is C56H51NP2. The normalized spacial score (nSPS) is 16.4. The molecule has 3 atom stereocenters. The van der Waals surface area contributed by atoms with E-state index in [-0.39, 0.29) is 0 Å². The van der Waals surface area contributed by atoms with Crippen molar-refractivity contribution >= 4 is 26.8 Å². The van der Waals surface area contributed by atoms with E-state index < -0.39 is 16.1 Å². The Morgan fingerprint density at radius 2 is 0.712 bits per heavy atom. The van der Waals surface area contributed by atoms with Crippen molar-refractivity contribution in [2.24, 2.45) is 0 Å². The molecule has 0 N–H and O–H groups in total. The summed E-state index contributed by atoms with van der Waals surface area (Å²) >= 11 is 0. The van der Waals surface area contributed by atoms with Crippen molar-refractivity contribution in [3.63, 3.8) is 0 Å². The zero-order valence-corrected chi connectivity index (χ0v) is 35.6. The van der Waals surface area contributed by atoms with E-state index in [9.17, 15) is 0 Å². The van der Waals surface area contributed by atoms with Crippen molar-refractivity contribution < 1.29 is 0 Å². The van der Waals surface area contributed by atoms with Crippen LogP contribution in [0.2, 0.25) is 0 Å². The summed E-state index contributed by atoms with van der Waals surface area (Å²) in [5, 5.41) is 2.82. The van der Waals surface area contributed by atoms with Crippen LogP contribution in [0.1, 0.15) is 55.1 Å². The maximum atomic E-state index is 3.09. The highest BCUT2D eigenvalue weighted by molar-refractivity contribution is 7.79. The number of unbranched alkanes of at least 4 members (excludes halogenated alkanes) is 1. The average Bonchev–Trinajstić information content (AvgIpc) is 3.77. The Morgan fingerprint density at radius 1 is 0.407 bits per heavy atom. The highest BCUT2D eigenvalue weighted by atomic mass is 31.2. The predicted molar refractivity (Wildman–Crippen MR) is 257 cm³/mol. The van der Waals surface area contributed by atoms with Crippen LogP contribution in [-0.4, -0.2) is 11.0 Å². The fraction of sp³-hybridized carbons (Fsp3) is 0.143. The summed E-state index contributed by atoms with van der Waals surface area (Å²) < 4.78 is 3.09. The van der Waals surface area contributed by atoms with Crippen LogP contribution in [0, 0.1) is 0 Å². The average molecular weight is 800 g/mol. The smallest absolute Gasteiger partial charge is 0.0319 e. The molecule has 59 heavy (non-hydrogen) atoms. The van der Waals surface area contributed by atoms with Gasteiger partial charge in [0.1, 0.15) is 0 Å². The van der Waals surface area contributed by atoms with E-state index in [2.05, 4.69) is 230 Å². The van der Waals surface area contributed by atoms with Gasteiger partial charge in [-0.25, -0.2) is 0 Å². The van der Waals surface area contributed by atoms with Gasteiger partial charge in [-0.2, -0.15) is 0 Å². The molecule has 0 aromatic heterocycles. The molecule has 1 aliphatic rings. The van der Waals surface area contributed by atoms with Crippen molar-refractivity contribution in [3.05, 3.63) is 230 Å². The molecule has 8 aromatic rings. The van der Waals surface area contributed by atoms with Crippen LogP contribution in [0.25, 0.3) is 44.5 Å². The Balaban J connectivity index is 1.34. The van der Waals surface area contributed by atoms with Crippen molar-refractivity contribution in [1.82, 2.24) is 4.44 Å². The summed E-state index contributed by atoms with van der Waals surface area (Å²) in [6.07, 6.45) is 4.68. The lowest BCUT2D eigenvalue weighted by molar-refractivity contribution is 0.632. The van der Waals surface area contributed by atoms with E-state index >= 15 is 0 Å². The highest BCUT2D eigenvalue weighted by Gasteiger charge is 2.44. The minimum absolute atomic E-state index is 0.468. The molecule has 1 heterocycles. The summed E-state index contributed by atoms with van der Waals surface area (Å²) in [4.78, 5) is 0. The first-order valence-electron chi connectivity index (χ1n) is 21.2. The molecule has 0 bridgehead atoms. The second kappa shape index (κ2) is 18.7. The van der Waals surface area contributed by atoms with E-state index in [1.807, 2.05) is 0 Å². The third-order valence-electron chi connectivity index (χ3n) is 11.7. The van der Waals surface area contributed by atoms with Gasteiger partial charge < -0.3 is 0 Å². The summed E-state index contributed by atoms with van der Waals surface area (Å²) in [5.74, 6) is 0. The van der Waals surface area contributed by atoms with E-state index in [1.54, 1.807) is 0 Å². The van der Waals surface area contributed by atoms with Crippen molar-refractivity contribution in [2.75, 3.05) is 6.54 Å². The molecule has 9 rings (SSSR count). The molecule has 1 saturated heterocycles. The van der Waals surface area contributed by atoms with Gasteiger partial charge in [0.25, 0.3) is 0 Å². The predicted octanol–water partition coefficient (Wildman–Crippen LogP) is 15.5. The molecule has 8 aromatic carbocycles. The summed E-state index contributed by atoms with van der Waals surface area (Å²) in [5.41, 5.74) is 14.0. The van der Waals surface area contributed by atoms with E-state index in [0.29, 0.717) is 11.3 Å². The van der Waals surface area contributed by atoms with Gasteiger partial charge in [-0.3, -0.25) is 4.44 Å². The zero-order chi connectivity index (χ0) is 39.8. The van der Waals surface area contributed by atoms with Gasteiger partial charge in [0.2, 0.25) is 0 Å². The SMILES string of the molecule is CCCCN(P(c1cc(-c2ccccc2)cc(-c2ccccc2)c1)c1cc(-c2ccccc2)cc(-c2ccccc2)c1)P1C(c2ccccc2)CC[C@@H]1c1ccccc1. The molecule has 3 heteroatoms. The molecule has 0 saturated carbocycles. The first-order chi connectivity index (χ1) is 29.2. The molecule has 1 aliphatic heterocycles. The second-order valence-electron chi connectivity index (χ2n) is 15.6. The molecule has 290 valence electrons. The third-order valence-corrected chi connectivity index (χ3v) is 18.1. The monoisotopic (exact) mass is 799 g/mol. The highest BCUT2D eigenvalue weighted by Crippen LogP contribution is 2.76. The first kappa shape index (κ1) is 39.1. The number of hydrogen-bond acceptors (Lipinski definition) is 1. The third kappa shape index (κ3) is 8.81. The van der Waals surface area contributed by atoms with Gasteiger partial charge in [-0.1, -0.05) is 195 Å². The Hall–Kier alpha value is -5.42. The van der Waals surface area contributed by atoms with Gasteiger partial charge in [0.15, 0.2) is 0 Å². The molecule has 2 unspecified atom stereocenters. The fourth-order valence-electron chi connectivity index (χ4n) is 8.80. The standard InChI is InChI=1S/C56H51NP2/c1-2-3-36-57(59-55(47-30-18-8-19-31-47)34-35-56(59)48-32-20-9-21-33-48)58(53-39-49(43-22-10-4-11-23-43)37-50(40-53)44-24-12-5-13-25-44)54-41-51(45-26-14-6-15-27-45)38-52(42-54)46-28-16-7-17-29-46/h4-33,37-42,55-56H,2-3,34-36H2,1H3/t55-,56?,59?/m1/s1. The lowest BCUT2D eigenvalue weighted by Crippen LogP contribution is -2.28. The molecule has 0 amide bonds. The van der Waals surface area contributed by atoms with E-state index in [0.717, 1.165) is 19.4 Å². The number of nitrogens with zero attached hydrogens (tertiary/aromatic N) is 1. The minimum Gasteiger partial charge on any atom is -0.251 e. The van der Waals surface area contributed by atoms with Crippen LogP contribution in [0.3, 0.4) is 0 Å². The van der Waals surface area contributed by atoms with Gasteiger partial charge in [0, 0.05) is 25.9 Å². The first-order valence-corrected chi connectivity index (χ1v) is 23.9. The van der Waals surface area contributed by atoms with Gasteiger partial charge >= 0.3 is 0 Å². The lowest BCUT2D eigenvalue weighted by atomic mass is 9.99. The largest absolute Gasteiger partial charge is 0.251 e. The zero-order valence-electron chi connectivity index (χ0n) is 33.8. The van der Waals surface area contributed by atoms with Crippen LogP contribution in [0.4, 0.5) is 0 Å². The van der Waals surface area contributed by atoms with E-state index in [4.69, 9.17) is 0 Å². The van der Waals surface area contributed by atoms with Crippen LogP contribution in [-0.2, 0) is 0 Å². The van der Waals surface area contributed by atoms with Crippen LogP contribution in [0.15, 0.2) is 218 Å². The molecule has 0 spiro atoms. The summed E-state index contributed by atoms with van der Waals surface area (Å²) in [6.45, 7) is 3.41. The Bertz CT molecular complexity index is 2260. The minimum atomic E-state index is -1.04. The molecule has 1 nitrogen and oxygen atoms in total. The Labute approximate surface area is 354 Å². The van der Waals surface area contributed by atoms with Crippen molar-refractivity contribution in [1.29, 1.82) is 0 Å². The lowest BCUT2D eigenvalue weighted by Gasteiger charge is -2.43. The van der Waals surface area contributed by atoms with Crippen molar-refractivity contribution in [2.45, 2.75) is 43.9 Å². The molecule has 1 fully saturated rings. The number of benzene rings is 8. The molecule has 0 aliphatic carbocycles. The molecule has 0 radical (unpaired) electrons. The second-order valence-corrected chi connectivity index (χ2v) is 20.5. The van der Waals surface area contributed by atoms with Gasteiger partial charge in [0.05, 0.1) is 0 Å². The number of hydrogen-bond donors (Lipinski definition) is 0. The summed E-state index contributed by atoms with van der Waals surface area (Å²) in [7, 11) is -1.71.